The van der Waals surface area contributed by atoms with E-state index in [2.05, 4.69) is 4.98 Å². The van der Waals surface area contributed by atoms with Crippen LogP contribution in [0.2, 0.25) is 0 Å². The number of carbonyl (C=O) groups excluding carboxylic acids is 1. The molecule has 1 saturated heterocycles. The van der Waals surface area contributed by atoms with Gasteiger partial charge in [-0.3, -0.25) is 4.79 Å². The lowest BCUT2D eigenvalue weighted by molar-refractivity contribution is 0.0708. The molecule has 1 aromatic rings. The molecule has 2 N–H and O–H groups in total. The van der Waals surface area contributed by atoms with Crippen molar-refractivity contribution in [3.8, 4) is 5.88 Å². The Labute approximate surface area is 101 Å². The average molecular weight is 235 g/mol. The molecular formula is C12H17N3O2. The third kappa shape index (κ3) is 2.74. The van der Waals surface area contributed by atoms with Crippen LogP contribution in [0.5, 0.6) is 5.88 Å². The van der Waals surface area contributed by atoms with Gasteiger partial charge in [-0.1, -0.05) is 0 Å². The number of nitrogens with zero attached hydrogens (tertiary/aromatic N) is 2. The van der Waals surface area contributed by atoms with Crippen LogP contribution in [0.1, 0.15) is 23.2 Å². The zero-order valence-corrected chi connectivity index (χ0v) is 9.93. The van der Waals surface area contributed by atoms with Crippen molar-refractivity contribution in [2.75, 3.05) is 20.2 Å². The molecule has 2 heterocycles. The third-order valence-corrected chi connectivity index (χ3v) is 2.94. The van der Waals surface area contributed by atoms with Gasteiger partial charge in [-0.15, -0.1) is 0 Å². The molecule has 1 atom stereocenters. The Kier molecular flexibility index (Phi) is 3.58. The van der Waals surface area contributed by atoms with E-state index in [0.29, 0.717) is 18.0 Å². The highest BCUT2D eigenvalue weighted by atomic mass is 16.5. The lowest BCUT2D eigenvalue weighted by atomic mass is 10.1. The normalized spacial score (nSPS) is 20.1. The number of hydrogen-bond donors (Lipinski definition) is 1. The summed E-state index contributed by atoms with van der Waals surface area (Å²) in [7, 11) is 1.55. The van der Waals surface area contributed by atoms with Crippen molar-refractivity contribution in [1.82, 2.24) is 9.88 Å². The van der Waals surface area contributed by atoms with Crippen molar-refractivity contribution in [3.63, 3.8) is 0 Å². The summed E-state index contributed by atoms with van der Waals surface area (Å²) in [5.41, 5.74) is 6.44. The van der Waals surface area contributed by atoms with Gasteiger partial charge in [-0.25, -0.2) is 4.98 Å². The molecule has 0 saturated carbocycles. The second-order valence-corrected chi connectivity index (χ2v) is 4.24. The lowest BCUT2D eigenvalue weighted by Gasteiger charge is -2.30. The summed E-state index contributed by atoms with van der Waals surface area (Å²) < 4.78 is 4.96. The quantitative estimate of drug-likeness (QED) is 0.817. The molecule has 0 radical (unpaired) electrons. The zero-order chi connectivity index (χ0) is 12.3. The summed E-state index contributed by atoms with van der Waals surface area (Å²) in [5.74, 6) is 0.507. The number of nitrogens with two attached hydrogens (primary N) is 1. The average Bonchev–Trinajstić information content (AvgIpc) is 2.38. The van der Waals surface area contributed by atoms with Crippen LogP contribution in [0.25, 0.3) is 0 Å². The van der Waals surface area contributed by atoms with Gasteiger partial charge in [0.05, 0.1) is 12.7 Å². The molecule has 1 aromatic heterocycles. The van der Waals surface area contributed by atoms with Crippen LogP contribution < -0.4 is 10.5 Å². The Morgan fingerprint density at radius 1 is 1.59 bits per heavy atom. The van der Waals surface area contributed by atoms with E-state index in [9.17, 15) is 4.79 Å². The fourth-order valence-corrected chi connectivity index (χ4v) is 2.00. The summed E-state index contributed by atoms with van der Waals surface area (Å²) in [5, 5.41) is 0. The molecular weight excluding hydrogens is 218 g/mol. The molecule has 0 aromatic carbocycles. The first-order valence-corrected chi connectivity index (χ1v) is 5.75. The number of aromatic nitrogens is 1. The fraction of sp³-hybridized carbons (Fsp3) is 0.500. The van der Waals surface area contributed by atoms with Crippen LogP contribution in [-0.2, 0) is 0 Å². The monoisotopic (exact) mass is 235 g/mol. The molecule has 1 unspecified atom stereocenters. The number of ether oxygens (including phenoxy) is 1. The van der Waals surface area contributed by atoms with Crippen molar-refractivity contribution in [2.45, 2.75) is 18.9 Å². The van der Waals surface area contributed by atoms with Crippen LogP contribution in [0, 0.1) is 0 Å². The van der Waals surface area contributed by atoms with Crippen LogP contribution >= 0.6 is 0 Å². The Morgan fingerprint density at radius 3 is 3.00 bits per heavy atom. The van der Waals surface area contributed by atoms with Gasteiger partial charge in [0.25, 0.3) is 5.91 Å². The van der Waals surface area contributed by atoms with Gasteiger partial charge in [0.1, 0.15) is 0 Å². The van der Waals surface area contributed by atoms with Crippen LogP contribution in [0.15, 0.2) is 18.3 Å². The molecule has 1 fully saturated rings. The first-order chi connectivity index (χ1) is 8.20. The lowest BCUT2D eigenvalue weighted by Crippen LogP contribution is -2.45. The Bertz CT molecular complexity index is 391. The van der Waals surface area contributed by atoms with Crippen molar-refractivity contribution >= 4 is 5.91 Å². The van der Waals surface area contributed by atoms with E-state index >= 15 is 0 Å². The Morgan fingerprint density at radius 2 is 2.41 bits per heavy atom. The van der Waals surface area contributed by atoms with E-state index in [1.807, 2.05) is 0 Å². The predicted molar refractivity (Wildman–Crippen MR) is 63.9 cm³/mol. The van der Waals surface area contributed by atoms with Gasteiger partial charge in [-0.2, -0.15) is 0 Å². The zero-order valence-electron chi connectivity index (χ0n) is 9.93. The van der Waals surface area contributed by atoms with E-state index < -0.39 is 0 Å². The van der Waals surface area contributed by atoms with E-state index in [1.165, 1.54) is 0 Å². The summed E-state index contributed by atoms with van der Waals surface area (Å²) in [4.78, 5) is 18.0. The van der Waals surface area contributed by atoms with Crippen molar-refractivity contribution < 1.29 is 9.53 Å². The summed E-state index contributed by atoms with van der Waals surface area (Å²) in [6, 6.07) is 3.52. The minimum Gasteiger partial charge on any atom is -0.481 e. The number of pyridine rings is 1. The van der Waals surface area contributed by atoms with E-state index in [4.69, 9.17) is 10.5 Å². The Balaban J connectivity index is 2.07. The molecule has 92 valence electrons. The standard InChI is InChI=1S/C12H17N3O2/c1-17-11-5-4-9(7-14-11)12(16)15-6-2-3-10(13)8-15/h4-5,7,10H,2-3,6,8,13H2,1H3. The second kappa shape index (κ2) is 5.14. The summed E-state index contributed by atoms with van der Waals surface area (Å²) in [6.45, 7) is 1.41. The van der Waals surface area contributed by atoms with E-state index in [1.54, 1.807) is 30.3 Å². The summed E-state index contributed by atoms with van der Waals surface area (Å²) in [6.07, 6.45) is 3.50. The highest BCUT2D eigenvalue weighted by Gasteiger charge is 2.22. The number of piperidine rings is 1. The first-order valence-electron chi connectivity index (χ1n) is 5.75. The topological polar surface area (TPSA) is 68.5 Å². The molecule has 17 heavy (non-hydrogen) atoms. The molecule has 5 nitrogen and oxygen atoms in total. The number of rotatable bonds is 2. The summed E-state index contributed by atoms with van der Waals surface area (Å²) >= 11 is 0. The predicted octanol–water partition coefficient (Wildman–Crippen LogP) is 0.653. The third-order valence-electron chi connectivity index (χ3n) is 2.94. The SMILES string of the molecule is COc1ccc(C(=O)N2CCCC(N)C2)cn1. The molecule has 2 rings (SSSR count). The second-order valence-electron chi connectivity index (χ2n) is 4.24. The van der Waals surface area contributed by atoms with Gasteiger partial charge in [0.15, 0.2) is 0 Å². The van der Waals surface area contributed by atoms with Crippen molar-refractivity contribution in [2.24, 2.45) is 5.73 Å². The number of methoxy groups -OCH3 is 1. The molecule has 1 aliphatic heterocycles. The molecule has 1 amide bonds. The minimum absolute atomic E-state index is 0.00435. The maximum Gasteiger partial charge on any atom is 0.255 e. The van der Waals surface area contributed by atoms with Gasteiger partial charge in [0, 0.05) is 31.4 Å². The number of likely N-dealkylation sites (tertiary alicyclic amines) is 1. The van der Waals surface area contributed by atoms with Crippen molar-refractivity contribution in [3.05, 3.63) is 23.9 Å². The number of amides is 1. The Hall–Kier alpha value is -1.62. The van der Waals surface area contributed by atoms with E-state index in [-0.39, 0.29) is 11.9 Å². The van der Waals surface area contributed by atoms with Gasteiger partial charge < -0.3 is 15.4 Å². The fourth-order valence-electron chi connectivity index (χ4n) is 2.00. The smallest absolute Gasteiger partial charge is 0.255 e. The van der Waals surface area contributed by atoms with Gasteiger partial charge in [0.2, 0.25) is 5.88 Å². The minimum atomic E-state index is -0.00435. The highest BCUT2D eigenvalue weighted by molar-refractivity contribution is 5.94. The van der Waals surface area contributed by atoms with Gasteiger partial charge >= 0.3 is 0 Å². The largest absolute Gasteiger partial charge is 0.481 e. The van der Waals surface area contributed by atoms with Crippen LogP contribution in [0.4, 0.5) is 0 Å². The van der Waals surface area contributed by atoms with Crippen LogP contribution in [-0.4, -0.2) is 42.0 Å². The molecule has 0 bridgehead atoms. The number of carbonyl (C=O) groups is 1. The first kappa shape index (κ1) is 11.9. The molecule has 0 spiro atoms. The number of hydrogen-bond acceptors (Lipinski definition) is 4. The van der Waals surface area contributed by atoms with E-state index in [0.717, 1.165) is 19.4 Å². The highest BCUT2D eigenvalue weighted by Crippen LogP contribution is 2.13. The molecule has 1 aliphatic rings. The molecule has 5 heteroatoms. The van der Waals surface area contributed by atoms with Crippen molar-refractivity contribution in [1.29, 1.82) is 0 Å². The van der Waals surface area contributed by atoms with Gasteiger partial charge in [-0.05, 0) is 18.9 Å². The maximum atomic E-state index is 12.1. The van der Waals surface area contributed by atoms with Crippen LogP contribution in [0.3, 0.4) is 0 Å². The maximum absolute atomic E-state index is 12.1. The molecule has 0 aliphatic carbocycles.